The summed E-state index contributed by atoms with van der Waals surface area (Å²) in [6.45, 7) is 7.05. The Hall–Kier alpha value is 0. The van der Waals surface area contributed by atoms with Gasteiger partial charge in [-0.3, -0.25) is 0 Å². The number of unbranched alkanes of at least 4 members (excludes halogenated alkanes) is 23. The summed E-state index contributed by atoms with van der Waals surface area (Å²) in [5.74, 6) is 0.963. The van der Waals surface area contributed by atoms with Gasteiger partial charge in [0.2, 0.25) is 0 Å². The van der Waals surface area contributed by atoms with Gasteiger partial charge in [-0.05, 0) is 5.92 Å². The molecule has 0 amide bonds. The Morgan fingerprint density at radius 3 is 0.806 bits per heavy atom. The van der Waals surface area contributed by atoms with Crippen LogP contribution in [0.3, 0.4) is 0 Å². The fourth-order valence-corrected chi connectivity index (χ4v) is 5.09. The largest absolute Gasteiger partial charge is 0.0654 e. The van der Waals surface area contributed by atoms with Crippen LogP contribution in [0.2, 0.25) is 0 Å². The second-order valence-corrected chi connectivity index (χ2v) is 10.8. The molecule has 0 aliphatic rings. The van der Waals surface area contributed by atoms with Gasteiger partial charge in [-0.15, -0.1) is 0 Å². The minimum absolute atomic E-state index is 0.963. The summed E-state index contributed by atoms with van der Waals surface area (Å²) >= 11 is 0. The van der Waals surface area contributed by atoms with E-state index >= 15 is 0 Å². The topological polar surface area (TPSA) is 0 Å². The molecule has 0 fully saturated rings. The zero-order valence-electron chi connectivity index (χ0n) is 22.7. The first kappa shape index (κ1) is 31.0. The minimum atomic E-state index is 0.963. The van der Waals surface area contributed by atoms with E-state index in [9.17, 15) is 0 Å². The minimum Gasteiger partial charge on any atom is -0.0654 e. The molecule has 0 spiro atoms. The maximum absolute atomic E-state index is 2.43. The van der Waals surface area contributed by atoms with Crippen LogP contribution < -0.4 is 0 Å². The first-order chi connectivity index (χ1) is 15.3. The van der Waals surface area contributed by atoms with Crippen molar-refractivity contribution in [3.05, 3.63) is 0 Å². The number of hydrogen-bond donors (Lipinski definition) is 0. The lowest BCUT2D eigenvalue weighted by molar-refractivity contribution is 0.449. The molecule has 0 aliphatic carbocycles. The van der Waals surface area contributed by atoms with Crippen LogP contribution in [0.1, 0.15) is 194 Å². The molecule has 0 bridgehead atoms. The van der Waals surface area contributed by atoms with Gasteiger partial charge < -0.3 is 0 Å². The van der Waals surface area contributed by atoms with Crippen LogP contribution in [0.25, 0.3) is 0 Å². The Morgan fingerprint density at radius 1 is 0.290 bits per heavy atom. The summed E-state index contributed by atoms with van der Waals surface area (Å²) in [7, 11) is 0. The first-order valence-corrected chi connectivity index (χ1v) is 15.3. The Kier molecular flexibility index (Phi) is 28.0. The number of hydrogen-bond acceptors (Lipinski definition) is 0. The maximum atomic E-state index is 2.43. The summed E-state index contributed by atoms with van der Waals surface area (Å²) in [6.07, 6.45) is 39.8. The molecule has 0 radical (unpaired) electrons. The van der Waals surface area contributed by atoms with Crippen molar-refractivity contribution in [1.29, 1.82) is 0 Å². The third-order valence-electron chi connectivity index (χ3n) is 7.33. The van der Waals surface area contributed by atoms with Gasteiger partial charge in [0.15, 0.2) is 0 Å². The molecule has 0 aromatic heterocycles. The lowest BCUT2D eigenvalue weighted by atomic mass is 9.98. The van der Waals surface area contributed by atoms with Crippen LogP contribution in [-0.2, 0) is 0 Å². The second kappa shape index (κ2) is 28.0. The van der Waals surface area contributed by atoms with Crippen LogP contribution >= 0.6 is 0 Å². The molecular formula is C31H64. The van der Waals surface area contributed by atoms with Gasteiger partial charge >= 0.3 is 0 Å². The van der Waals surface area contributed by atoms with Gasteiger partial charge in [0.05, 0.1) is 0 Å². The Labute approximate surface area is 200 Å². The van der Waals surface area contributed by atoms with Crippen molar-refractivity contribution in [2.45, 2.75) is 194 Å². The molecule has 1 unspecified atom stereocenters. The van der Waals surface area contributed by atoms with Crippen LogP contribution in [0.4, 0.5) is 0 Å². The standard InChI is InChI=1S/C31H64/c1-4-6-7-8-9-10-11-12-13-14-15-16-17-18-19-20-21-22-23-24-25-26-27-28-30-31(3)29-5-2/h31H,4-30H2,1-3H3. The molecule has 0 saturated carbocycles. The van der Waals surface area contributed by atoms with Gasteiger partial charge in [0, 0.05) is 0 Å². The van der Waals surface area contributed by atoms with Crippen molar-refractivity contribution in [2.75, 3.05) is 0 Å². The van der Waals surface area contributed by atoms with Crippen molar-refractivity contribution in [1.82, 2.24) is 0 Å². The molecule has 0 nitrogen and oxygen atoms in total. The van der Waals surface area contributed by atoms with Crippen LogP contribution in [0.5, 0.6) is 0 Å². The third kappa shape index (κ3) is 28.0. The summed E-state index contributed by atoms with van der Waals surface area (Å²) in [5, 5.41) is 0. The summed E-state index contributed by atoms with van der Waals surface area (Å²) in [4.78, 5) is 0. The van der Waals surface area contributed by atoms with Gasteiger partial charge in [0.25, 0.3) is 0 Å². The normalized spacial score (nSPS) is 12.5. The van der Waals surface area contributed by atoms with Crippen molar-refractivity contribution in [3.63, 3.8) is 0 Å². The molecule has 0 heteroatoms. The molecule has 0 aromatic rings. The van der Waals surface area contributed by atoms with E-state index < -0.39 is 0 Å². The van der Waals surface area contributed by atoms with Crippen LogP contribution in [0.15, 0.2) is 0 Å². The molecule has 0 saturated heterocycles. The van der Waals surface area contributed by atoms with Gasteiger partial charge in [-0.1, -0.05) is 194 Å². The van der Waals surface area contributed by atoms with E-state index in [4.69, 9.17) is 0 Å². The quantitative estimate of drug-likeness (QED) is 0.112. The molecule has 31 heavy (non-hydrogen) atoms. The van der Waals surface area contributed by atoms with E-state index in [1.54, 1.807) is 0 Å². The van der Waals surface area contributed by atoms with E-state index in [1.807, 2.05) is 0 Å². The highest BCUT2D eigenvalue weighted by Crippen LogP contribution is 2.17. The molecular weight excluding hydrogens is 372 g/mol. The van der Waals surface area contributed by atoms with Crippen LogP contribution in [-0.4, -0.2) is 0 Å². The van der Waals surface area contributed by atoms with Crippen molar-refractivity contribution in [2.24, 2.45) is 5.92 Å². The molecule has 0 rings (SSSR count). The summed E-state index contributed by atoms with van der Waals surface area (Å²) in [6, 6.07) is 0. The van der Waals surface area contributed by atoms with E-state index in [1.165, 1.54) is 173 Å². The van der Waals surface area contributed by atoms with Gasteiger partial charge in [-0.25, -0.2) is 0 Å². The monoisotopic (exact) mass is 437 g/mol. The third-order valence-corrected chi connectivity index (χ3v) is 7.33. The number of rotatable bonds is 27. The Bertz CT molecular complexity index is 294. The van der Waals surface area contributed by atoms with Crippen molar-refractivity contribution in [3.8, 4) is 0 Å². The van der Waals surface area contributed by atoms with Crippen molar-refractivity contribution < 1.29 is 0 Å². The lowest BCUT2D eigenvalue weighted by Gasteiger charge is -2.09. The zero-order valence-corrected chi connectivity index (χ0v) is 22.7. The van der Waals surface area contributed by atoms with Crippen molar-refractivity contribution >= 4 is 0 Å². The molecule has 0 N–H and O–H groups in total. The van der Waals surface area contributed by atoms with E-state index in [0.29, 0.717) is 0 Å². The SMILES string of the molecule is CCCCCCCCCCCCCCCCCCCCCCCCCCC(C)CCC. The zero-order chi connectivity index (χ0) is 22.7. The molecule has 0 aliphatic heterocycles. The van der Waals surface area contributed by atoms with Gasteiger partial charge in [-0.2, -0.15) is 0 Å². The Balaban J connectivity index is 3.02. The Morgan fingerprint density at radius 2 is 0.548 bits per heavy atom. The van der Waals surface area contributed by atoms with E-state index in [0.717, 1.165) is 5.92 Å². The molecule has 1 atom stereocenters. The summed E-state index contributed by atoms with van der Waals surface area (Å²) in [5.41, 5.74) is 0. The average Bonchev–Trinajstić information content (AvgIpc) is 2.77. The predicted molar refractivity (Wildman–Crippen MR) is 145 cm³/mol. The molecule has 188 valence electrons. The molecule has 0 aromatic carbocycles. The highest BCUT2D eigenvalue weighted by Gasteiger charge is 2.00. The molecule has 0 heterocycles. The predicted octanol–water partition coefficient (Wildman–Crippen LogP) is 12.2. The van der Waals surface area contributed by atoms with E-state index in [2.05, 4.69) is 20.8 Å². The summed E-state index contributed by atoms with van der Waals surface area (Å²) < 4.78 is 0. The maximum Gasteiger partial charge on any atom is -0.0443 e. The first-order valence-electron chi connectivity index (χ1n) is 15.3. The van der Waals surface area contributed by atoms with E-state index in [-0.39, 0.29) is 0 Å². The fraction of sp³-hybridized carbons (Fsp3) is 1.00. The fourth-order valence-electron chi connectivity index (χ4n) is 5.09. The van der Waals surface area contributed by atoms with Gasteiger partial charge in [0.1, 0.15) is 0 Å². The van der Waals surface area contributed by atoms with Crippen LogP contribution in [0, 0.1) is 5.92 Å². The highest BCUT2D eigenvalue weighted by molar-refractivity contribution is 4.54. The second-order valence-electron chi connectivity index (χ2n) is 10.8. The average molecular weight is 437 g/mol. The lowest BCUT2D eigenvalue weighted by Crippen LogP contribution is -1.93. The highest BCUT2D eigenvalue weighted by atomic mass is 14.1. The smallest absolute Gasteiger partial charge is 0.0443 e.